The second-order valence-electron chi connectivity index (χ2n) is 3.32. The Hall–Kier alpha value is -1.46. The molecule has 92 valence electrons. The predicted molar refractivity (Wildman–Crippen MR) is 65.7 cm³/mol. The maximum Gasteiger partial charge on any atom is 0.325 e. The Morgan fingerprint density at radius 3 is 2.24 bits per heavy atom. The molecule has 0 aliphatic heterocycles. The van der Waals surface area contributed by atoms with Crippen molar-refractivity contribution < 1.29 is 14.7 Å². The first kappa shape index (κ1) is 13.6. The van der Waals surface area contributed by atoms with Gasteiger partial charge in [-0.25, -0.2) is 4.79 Å². The third kappa shape index (κ3) is 4.50. The van der Waals surface area contributed by atoms with Crippen LogP contribution in [-0.4, -0.2) is 23.1 Å². The van der Waals surface area contributed by atoms with Crippen LogP contribution in [0.25, 0.3) is 0 Å². The summed E-state index contributed by atoms with van der Waals surface area (Å²) in [6, 6.07) is 2.89. The molecule has 0 aromatic heterocycles. The van der Waals surface area contributed by atoms with Crippen molar-refractivity contribution in [3.8, 4) is 0 Å². The lowest BCUT2D eigenvalue weighted by Gasteiger charge is -2.11. The SMILES string of the molecule is CC(NC(=O)Nc1cc(Cl)cc(Cl)c1)C(=O)O. The van der Waals surface area contributed by atoms with Gasteiger partial charge in [-0.3, -0.25) is 4.79 Å². The molecule has 0 heterocycles. The van der Waals surface area contributed by atoms with E-state index >= 15 is 0 Å². The summed E-state index contributed by atoms with van der Waals surface area (Å²) in [5.41, 5.74) is 0.387. The number of anilines is 1. The number of nitrogens with one attached hydrogen (secondary N) is 2. The highest BCUT2D eigenvalue weighted by Crippen LogP contribution is 2.22. The summed E-state index contributed by atoms with van der Waals surface area (Å²) in [5.74, 6) is -1.12. The number of hydrogen-bond donors (Lipinski definition) is 3. The minimum atomic E-state index is -1.12. The summed E-state index contributed by atoms with van der Waals surface area (Å²) < 4.78 is 0. The molecule has 0 saturated carbocycles. The Bertz CT molecular complexity index is 431. The molecule has 0 spiro atoms. The maximum absolute atomic E-state index is 11.4. The molecule has 7 heteroatoms. The summed E-state index contributed by atoms with van der Waals surface area (Å²) >= 11 is 11.5. The van der Waals surface area contributed by atoms with E-state index in [1.807, 2.05) is 0 Å². The van der Waals surface area contributed by atoms with E-state index in [1.54, 1.807) is 0 Å². The first-order chi connectivity index (χ1) is 7.88. The fourth-order valence-corrected chi connectivity index (χ4v) is 1.58. The summed E-state index contributed by atoms with van der Waals surface area (Å²) in [5, 5.41) is 14.0. The molecule has 17 heavy (non-hydrogen) atoms. The third-order valence-corrected chi connectivity index (χ3v) is 2.27. The van der Waals surface area contributed by atoms with Crippen LogP contribution in [0.15, 0.2) is 18.2 Å². The minimum Gasteiger partial charge on any atom is -0.480 e. The highest BCUT2D eigenvalue weighted by atomic mass is 35.5. The van der Waals surface area contributed by atoms with Gasteiger partial charge >= 0.3 is 12.0 Å². The lowest BCUT2D eigenvalue weighted by Crippen LogP contribution is -2.40. The number of carboxylic acid groups (broad SMARTS) is 1. The van der Waals surface area contributed by atoms with Crippen LogP contribution in [0.4, 0.5) is 10.5 Å². The van der Waals surface area contributed by atoms with Gasteiger partial charge in [0.25, 0.3) is 0 Å². The molecule has 2 amide bonds. The molecule has 0 fully saturated rings. The molecule has 5 nitrogen and oxygen atoms in total. The number of aliphatic carboxylic acids is 1. The summed E-state index contributed by atoms with van der Waals surface area (Å²) in [4.78, 5) is 21.9. The molecule has 0 bridgehead atoms. The number of amides is 2. The molecule has 1 rings (SSSR count). The molecule has 0 saturated heterocycles. The molecule has 1 aromatic carbocycles. The molecular formula is C10H10Cl2N2O3. The number of urea groups is 1. The number of carbonyl (C=O) groups is 2. The number of hydrogen-bond acceptors (Lipinski definition) is 2. The quantitative estimate of drug-likeness (QED) is 0.794. The van der Waals surface area contributed by atoms with Crippen LogP contribution >= 0.6 is 23.2 Å². The predicted octanol–water partition coefficient (Wildman–Crippen LogP) is 2.59. The van der Waals surface area contributed by atoms with Crippen molar-refractivity contribution in [1.82, 2.24) is 5.32 Å². The van der Waals surface area contributed by atoms with Crippen LogP contribution in [0.3, 0.4) is 0 Å². The zero-order valence-corrected chi connectivity index (χ0v) is 10.3. The van der Waals surface area contributed by atoms with Gasteiger partial charge in [-0.2, -0.15) is 0 Å². The van der Waals surface area contributed by atoms with Crippen molar-refractivity contribution in [3.05, 3.63) is 28.2 Å². The standard InChI is InChI=1S/C10H10Cl2N2O3/c1-5(9(15)16)13-10(17)14-8-3-6(11)2-7(12)4-8/h2-5H,1H3,(H,15,16)(H2,13,14,17). The molecule has 0 radical (unpaired) electrons. The largest absolute Gasteiger partial charge is 0.480 e. The zero-order chi connectivity index (χ0) is 13.0. The lowest BCUT2D eigenvalue weighted by molar-refractivity contribution is -0.138. The van der Waals surface area contributed by atoms with Crippen LogP contribution in [0, 0.1) is 0 Å². The number of carbonyl (C=O) groups excluding carboxylic acids is 1. The van der Waals surface area contributed by atoms with E-state index in [9.17, 15) is 9.59 Å². The summed E-state index contributed by atoms with van der Waals surface area (Å²) in [6.45, 7) is 1.35. The Morgan fingerprint density at radius 2 is 1.76 bits per heavy atom. The van der Waals surface area contributed by atoms with E-state index in [1.165, 1.54) is 25.1 Å². The zero-order valence-electron chi connectivity index (χ0n) is 8.83. The van der Waals surface area contributed by atoms with Crippen LogP contribution in [0.1, 0.15) is 6.92 Å². The topological polar surface area (TPSA) is 78.4 Å². The number of rotatable bonds is 3. The summed E-state index contributed by atoms with van der Waals surface area (Å²) in [6.07, 6.45) is 0. The molecule has 1 aromatic rings. The minimum absolute atomic E-state index is 0.374. The van der Waals surface area contributed by atoms with Crippen molar-refractivity contribution >= 4 is 40.9 Å². The first-order valence-electron chi connectivity index (χ1n) is 4.65. The average Bonchev–Trinajstić information content (AvgIpc) is 2.14. The molecule has 3 N–H and O–H groups in total. The first-order valence-corrected chi connectivity index (χ1v) is 5.40. The second-order valence-corrected chi connectivity index (χ2v) is 4.19. The number of halogens is 2. The average molecular weight is 277 g/mol. The van der Waals surface area contributed by atoms with Gasteiger partial charge in [0.05, 0.1) is 0 Å². The number of carboxylic acids is 1. The Balaban J connectivity index is 2.65. The highest BCUT2D eigenvalue weighted by molar-refractivity contribution is 6.35. The molecule has 1 atom stereocenters. The van der Waals surface area contributed by atoms with Crippen molar-refractivity contribution in [2.45, 2.75) is 13.0 Å². The second kappa shape index (κ2) is 5.75. The fraction of sp³-hybridized carbons (Fsp3) is 0.200. The van der Waals surface area contributed by atoms with Gasteiger partial charge in [0.1, 0.15) is 6.04 Å². The molecule has 0 aliphatic carbocycles. The van der Waals surface area contributed by atoms with E-state index in [-0.39, 0.29) is 0 Å². The number of benzene rings is 1. The van der Waals surface area contributed by atoms with Gasteiger partial charge in [-0.05, 0) is 25.1 Å². The lowest BCUT2D eigenvalue weighted by atomic mass is 10.3. The Kier molecular flexibility index (Phi) is 4.60. The normalized spacial score (nSPS) is 11.7. The van der Waals surface area contributed by atoms with Crippen molar-refractivity contribution in [2.75, 3.05) is 5.32 Å². The smallest absolute Gasteiger partial charge is 0.325 e. The Morgan fingerprint density at radius 1 is 1.24 bits per heavy atom. The maximum atomic E-state index is 11.4. The van der Waals surface area contributed by atoms with Crippen molar-refractivity contribution in [2.24, 2.45) is 0 Å². The Labute approximate surface area is 108 Å². The molecule has 1 unspecified atom stereocenters. The van der Waals surface area contributed by atoms with E-state index < -0.39 is 18.0 Å². The van der Waals surface area contributed by atoms with Gasteiger partial charge in [0, 0.05) is 15.7 Å². The monoisotopic (exact) mass is 276 g/mol. The van der Waals surface area contributed by atoms with Crippen LogP contribution < -0.4 is 10.6 Å². The van der Waals surface area contributed by atoms with E-state index in [4.69, 9.17) is 28.3 Å². The van der Waals surface area contributed by atoms with Gasteiger partial charge in [0.15, 0.2) is 0 Å². The molecule has 0 aliphatic rings. The van der Waals surface area contributed by atoms with Gasteiger partial charge in [0.2, 0.25) is 0 Å². The summed E-state index contributed by atoms with van der Waals surface area (Å²) in [7, 11) is 0. The van der Waals surface area contributed by atoms with E-state index in [0.29, 0.717) is 15.7 Å². The van der Waals surface area contributed by atoms with Crippen LogP contribution in [-0.2, 0) is 4.79 Å². The van der Waals surface area contributed by atoms with Gasteiger partial charge in [-0.1, -0.05) is 23.2 Å². The van der Waals surface area contributed by atoms with E-state index in [0.717, 1.165) is 0 Å². The van der Waals surface area contributed by atoms with E-state index in [2.05, 4.69) is 10.6 Å². The highest BCUT2D eigenvalue weighted by Gasteiger charge is 2.13. The molecular weight excluding hydrogens is 267 g/mol. The third-order valence-electron chi connectivity index (χ3n) is 1.84. The fourth-order valence-electron chi connectivity index (χ4n) is 1.05. The van der Waals surface area contributed by atoms with Crippen LogP contribution in [0.5, 0.6) is 0 Å². The van der Waals surface area contributed by atoms with Crippen molar-refractivity contribution in [1.29, 1.82) is 0 Å². The van der Waals surface area contributed by atoms with Gasteiger partial charge in [-0.15, -0.1) is 0 Å². The van der Waals surface area contributed by atoms with Crippen molar-refractivity contribution in [3.63, 3.8) is 0 Å². The van der Waals surface area contributed by atoms with Crippen LogP contribution in [0.2, 0.25) is 10.0 Å². The van der Waals surface area contributed by atoms with Gasteiger partial charge < -0.3 is 15.7 Å².